The fraction of sp³-hybridized carbons (Fsp3) is 0.533. The summed E-state index contributed by atoms with van der Waals surface area (Å²) in [5.41, 5.74) is 1.17. The van der Waals surface area contributed by atoms with E-state index < -0.39 is 5.97 Å². The Labute approximate surface area is 114 Å². The number of aromatic nitrogens is 1. The van der Waals surface area contributed by atoms with Crippen molar-refractivity contribution in [2.75, 3.05) is 0 Å². The lowest BCUT2D eigenvalue weighted by Crippen LogP contribution is -2.06. The standard InChI is InChI=1S/C15H20N2O2/c1-2-3-4-5-6-7-8-13-9-12(10-16)11-17-14(13)15(18)19/h9,11H,2-8H2,1H3,(H,18,19). The first-order valence-corrected chi connectivity index (χ1v) is 6.81. The van der Waals surface area contributed by atoms with E-state index >= 15 is 0 Å². The number of hydrogen-bond donors (Lipinski definition) is 1. The fourth-order valence-corrected chi connectivity index (χ4v) is 2.05. The summed E-state index contributed by atoms with van der Waals surface area (Å²) in [6.07, 6.45) is 8.92. The molecule has 0 atom stereocenters. The second-order valence-corrected chi connectivity index (χ2v) is 4.67. The number of pyridine rings is 1. The number of unbranched alkanes of at least 4 members (excludes halogenated alkanes) is 5. The van der Waals surface area contributed by atoms with E-state index in [1.54, 1.807) is 6.07 Å². The highest BCUT2D eigenvalue weighted by atomic mass is 16.4. The summed E-state index contributed by atoms with van der Waals surface area (Å²) in [6, 6.07) is 3.64. The van der Waals surface area contributed by atoms with Gasteiger partial charge in [-0.1, -0.05) is 39.0 Å². The predicted molar refractivity (Wildman–Crippen MR) is 73.0 cm³/mol. The quantitative estimate of drug-likeness (QED) is 0.725. The number of carboxylic acid groups (broad SMARTS) is 1. The molecule has 1 N–H and O–H groups in total. The lowest BCUT2D eigenvalue weighted by Gasteiger charge is -2.05. The van der Waals surface area contributed by atoms with Gasteiger partial charge in [0.05, 0.1) is 5.56 Å². The number of carboxylic acids is 1. The lowest BCUT2D eigenvalue weighted by molar-refractivity contribution is 0.0689. The lowest BCUT2D eigenvalue weighted by atomic mass is 10.0. The van der Waals surface area contributed by atoms with Gasteiger partial charge in [-0.15, -0.1) is 0 Å². The molecule has 0 bridgehead atoms. The Morgan fingerprint density at radius 1 is 1.32 bits per heavy atom. The van der Waals surface area contributed by atoms with Gasteiger partial charge in [-0.25, -0.2) is 9.78 Å². The van der Waals surface area contributed by atoms with Gasteiger partial charge in [-0.05, 0) is 24.5 Å². The van der Waals surface area contributed by atoms with Gasteiger partial charge >= 0.3 is 5.97 Å². The van der Waals surface area contributed by atoms with Crippen LogP contribution in [0.1, 0.15) is 67.1 Å². The molecule has 19 heavy (non-hydrogen) atoms. The molecule has 0 amide bonds. The molecule has 1 heterocycles. The number of nitriles is 1. The highest BCUT2D eigenvalue weighted by Crippen LogP contribution is 2.14. The van der Waals surface area contributed by atoms with Crippen molar-refractivity contribution >= 4 is 5.97 Å². The summed E-state index contributed by atoms with van der Waals surface area (Å²) in [6.45, 7) is 2.18. The average molecular weight is 260 g/mol. The van der Waals surface area contributed by atoms with Gasteiger partial charge < -0.3 is 5.11 Å². The topological polar surface area (TPSA) is 74.0 Å². The van der Waals surface area contributed by atoms with Crippen molar-refractivity contribution in [1.82, 2.24) is 4.98 Å². The molecule has 0 aliphatic rings. The van der Waals surface area contributed by atoms with Crippen LogP contribution >= 0.6 is 0 Å². The normalized spacial score (nSPS) is 10.1. The zero-order valence-corrected chi connectivity index (χ0v) is 11.4. The maximum Gasteiger partial charge on any atom is 0.354 e. The number of rotatable bonds is 8. The van der Waals surface area contributed by atoms with Crippen molar-refractivity contribution in [3.8, 4) is 6.07 Å². The molecule has 0 aromatic carbocycles. The van der Waals surface area contributed by atoms with Crippen LogP contribution in [-0.4, -0.2) is 16.1 Å². The van der Waals surface area contributed by atoms with Crippen molar-refractivity contribution in [3.63, 3.8) is 0 Å². The maximum absolute atomic E-state index is 11.1. The summed E-state index contributed by atoms with van der Waals surface area (Å²) in [5, 5.41) is 17.9. The van der Waals surface area contributed by atoms with Crippen LogP contribution in [-0.2, 0) is 6.42 Å². The fourth-order valence-electron chi connectivity index (χ4n) is 2.05. The molecule has 102 valence electrons. The van der Waals surface area contributed by atoms with Gasteiger partial charge in [0.2, 0.25) is 0 Å². The highest BCUT2D eigenvalue weighted by Gasteiger charge is 2.12. The molecule has 0 radical (unpaired) electrons. The SMILES string of the molecule is CCCCCCCCc1cc(C#N)cnc1C(=O)O. The molecular weight excluding hydrogens is 240 g/mol. The first-order valence-electron chi connectivity index (χ1n) is 6.81. The molecule has 0 unspecified atom stereocenters. The summed E-state index contributed by atoms with van der Waals surface area (Å²) in [7, 11) is 0. The van der Waals surface area contributed by atoms with Crippen molar-refractivity contribution < 1.29 is 9.90 Å². The molecule has 0 saturated heterocycles. The summed E-state index contributed by atoms with van der Waals surface area (Å²) < 4.78 is 0. The van der Waals surface area contributed by atoms with E-state index in [2.05, 4.69) is 11.9 Å². The van der Waals surface area contributed by atoms with E-state index in [1.807, 2.05) is 6.07 Å². The Kier molecular flexibility index (Phi) is 6.59. The summed E-state index contributed by atoms with van der Waals surface area (Å²) >= 11 is 0. The molecule has 4 nitrogen and oxygen atoms in total. The zero-order valence-electron chi connectivity index (χ0n) is 11.4. The minimum absolute atomic E-state index is 0.0764. The zero-order chi connectivity index (χ0) is 14.1. The number of aryl methyl sites for hydroxylation is 1. The van der Waals surface area contributed by atoms with Crippen molar-refractivity contribution in [2.24, 2.45) is 0 Å². The molecule has 1 rings (SSSR count). The predicted octanol–water partition coefficient (Wildman–Crippen LogP) is 3.55. The van der Waals surface area contributed by atoms with E-state index in [0.717, 1.165) is 12.8 Å². The minimum atomic E-state index is -1.02. The van der Waals surface area contributed by atoms with E-state index in [1.165, 1.54) is 31.9 Å². The van der Waals surface area contributed by atoms with Crippen LogP contribution in [0.3, 0.4) is 0 Å². The van der Waals surface area contributed by atoms with Crippen molar-refractivity contribution in [2.45, 2.75) is 51.9 Å². The third-order valence-electron chi connectivity index (χ3n) is 3.10. The Balaban J connectivity index is 2.56. The van der Waals surface area contributed by atoms with E-state index in [-0.39, 0.29) is 5.69 Å². The van der Waals surface area contributed by atoms with Gasteiger partial charge in [0, 0.05) is 6.20 Å². The highest BCUT2D eigenvalue weighted by molar-refractivity contribution is 5.87. The Hall–Kier alpha value is -1.89. The van der Waals surface area contributed by atoms with E-state index in [9.17, 15) is 4.79 Å². The third-order valence-corrected chi connectivity index (χ3v) is 3.10. The van der Waals surface area contributed by atoms with Crippen molar-refractivity contribution in [1.29, 1.82) is 5.26 Å². The number of aromatic carboxylic acids is 1. The Morgan fingerprint density at radius 3 is 2.63 bits per heavy atom. The van der Waals surface area contributed by atoms with Gasteiger partial charge in [0.1, 0.15) is 6.07 Å². The van der Waals surface area contributed by atoms with Gasteiger partial charge in [0.15, 0.2) is 5.69 Å². The first kappa shape index (κ1) is 15.2. The molecule has 0 fully saturated rings. The molecule has 1 aromatic heterocycles. The largest absolute Gasteiger partial charge is 0.477 e. The van der Waals surface area contributed by atoms with Crippen molar-refractivity contribution in [3.05, 3.63) is 29.1 Å². The first-order chi connectivity index (χ1) is 9.19. The van der Waals surface area contributed by atoms with Crippen LogP contribution < -0.4 is 0 Å². The number of nitrogens with zero attached hydrogens (tertiary/aromatic N) is 2. The van der Waals surface area contributed by atoms with Crippen LogP contribution in [0.2, 0.25) is 0 Å². The summed E-state index contributed by atoms with van der Waals surface area (Å²) in [5.74, 6) is -1.02. The molecule has 4 heteroatoms. The molecule has 0 saturated carbocycles. The third kappa shape index (κ3) is 5.09. The van der Waals surface area contributed by atoms with Crippen LogP contribution in [0.4, 0.5) is 0 Å². The van der Waals surface area contributed by atoms with Crippen LogP contribution in [0.15, 0.2) is 12.3 Å². The van der Waals surface area contributed by atoms with Crippen LogP contribution in [0.5, 0.6) is 0 Å². The average Bonchev–Trinajstić information content (AvgIpc) is 2.42. The molecule has 1 aromatic rings. The van der Waals surface area contributed by atoms with E-state index in [4.69, 9.17) is 10.4 Å². The molecule has 0 spiro atoms. The number of hydrogen-bond acceptors (Lipinski definition) is 3. The number of carbonyl (C=O) groups is 1. The van der Waals surface area contributed by atoms with E-state index in [0.29, 0.717) is 17.5 Å². The summed E-state index contributed by atoms with van der Waals surface area (Å²) in [4.78, 5) is 14.9. The Morgan fingerprint density at radius 2 is 2.00 bits per heavy atom. The van der Waals surface area contributed by atoms with Crippen LogP contribution in [0, 0.1) is 11.3 Å². The van der Waals surface area contributed by atoms with Gasteiger partial charge in [-0.3, -0.25) is 0 Å². The molecule has 0 aliphatic carbocycles. The molecule has 0 aliphatic heterocycles. The van der Waals surface area contributed by atoms with Crippen LogP contribution in [0.25, 0.3) is 0 Å². The maximum atomic E-state index is 11.1. The second kappa shape index (κ2) is 8.25. The monoisotopic (exact) mass is 260 g/mol. The molecular formula is C15H20N2O2. The van der Waals surface area contributed by atoms with Gasteiger partial charge in [0.25, 0.3) is 0 Å². The smallest absolute Gasteiger partial charge is 0.354 e. The Bertz CT molecular complexity index is 464. The second-order valence-electron chi connectivity index (χ2n) is 4.67. The van der Waals surface area contributed by atoms with Gasteiger partial charge in [-0.2, -0.15) is 5.26 Å². The minimum Gasteiger partial charge on any atom is -0.477 e.